The van der Waals surface area contributed by atoms with Gasteiger partial charge in [-0.3, -0.25) is 4.68 Å². The number of benzene rings is 1. The molecule has 0 saturated carbocycles. The second-order valence-electron chi connectivity index (χ2n) is 5.31. The fraction of sp³-hybridized carbons (Fsp3) is 0.467. The van der Waals surface area contributed by atoms with Crippen LogP contribution in [0.3, 0.4) is 0 Å². The molecule has 1 unspecified atom stereocenters. The topological polar surface area (TPSA) is 56.7 Å². The van der Waals surface area contributed by atoms with Gasteiger partial charge in [-0.25, -0.2) is 4.98 Å². The van der Waals surface area contributed by atoms with E-state index in [1.54, 1.807) is 6.33 Å². The number of aromatic nitrogens is 3. The standard InChI is InChI=1S/C15H22N4/c1-4-9-19-14(17-11-18-19)10-15(3,16)13-8-6-5-7-12(13)2/h5-8,11H,4,9-10,16H2,1-3H3. The molecule has 2 N–H and O–H groups in total. The lowest BCUT2D eigenvalue weighted by Crippen LogP contribution is -2.37. The zero-order chi connectivity index (χ0) is 13.9. The summed E-state index contributed by atoms with van der Waals surface area (Å²) in [5.41, 5.74) is 8.47. The van der Waals surface area contributed by atoms with Gasteiger partial charge in [-0.1, -0.05) is 31.2 Å². The summed E-state index contributed by atoms with van der Waals surface area (Å²) in [4.78, 5) is 4.35. The van der Waals surface area contributed by atoms with E-state index in [0.717, 1.165) is 18.8 Å². The van der Waals surface area contributed by atoms with Gasteiger partial charge in [-0.2, -0.15) is 5.10 Å². The molecule has 0 spiro atoms. The monoisotopic (exact) mass is 258 g/mol. The van der Waals surface area contributed by atoms with Crippen LogP contribution in [0.15, 0.2) is 30.6 Å². The first-order chi connectivity index (χ1) is 9.04. The van der Waals surface area contributed by atoms with Crippen molar-refractivity contribution in [3.05, 3.63) is 47.5 Å². The molecule has 0 fully saturated rings. The number of nitrogens with zero attached hydrogens (tertiary/aromatic N) is 3. The summed E-state index contributed by atoms with van der Waals surface area (Å²) in [6.07, 6.45) is 3.35. The van der Waals surface area contributed by atoms with Crippen molar-refractivity contribution in [2.45, 2.75) is 45.7 Å². The normalized spacial score (nSPS) is 14.3. The van der Waals surface area contributed by atoms with E-state index in [1.165, 1.54) is 11.1 Å². The zero-order valence-corrected chi connectivity index (χ0v) is 11.9. The van der Waals surface area contributed by atoms with Crippen molar-refractivity contribution in [3.8, 4) is 0 Å². The molecule has 4 heteroatoms. The van der Waals surface area contributed by atoms with Gasteiger partial charge in [0.2, 0.25) is 0 Å². The molecule has 0 aliphatic heterocycles. The van der Waals surface area contributed by atoms with Gasteiger partial charge in [0.15, 0.2) is 0 Å². The number of hydrogen-bond donors (Lipinski definition) is 1. The molecule has 0 aliphatic rings. The van der Waals surface area contributed by atoms with Gasteiger partial charge in [0.1, 0.15) is 12.2 Å². The summed E-state index contributed by atoms with van der Waals surface area (Å²) < 4.78 is 1.95. The van der Waals surface area contributed by atoms with Gasteiger partial charge in [-0.05, 0) is 31.4 Å². The summed E-state index contributed by atoms with van der Waals surface area (Å²) in [6, 6.07) is 8.26. The van der Waals surface area contributed by atoms with E-state index in [-0.39, 0.29) is 0 Å². The van der Waals surface area contributed by atoms with Crippen molar-refractivity contribution < 1.29 is 0 Å². The zero-order valence-electron chi connectivity index (χ0n) is 11.9. The van der Waals surface area contributed by atoms with Crippen LogP contribution in [0.5, 0.6) is 0 Å². The van der Waals surface area contributed by atoms with Crippen LogP contribution >= 0.6 is 0 Å². The minimum Gasteiger partial charge on any atom is -0.321 e. The maximum Gasteiger partial charge on any atom is 0.138 e. The summed E-state index contributed by atoms with van der Waals surface area (Å²) in [6.45, 7) is 7.17. The van der Waals surface area contributed by atoms with Crippen LogP contribution < -0.4 is 5.73 Å². The Morgan fingerprint density at radius 2 is 2.05 bits per heavy atom. The average Bonchev–Trinajstić information content (AvgIpc) is 2.77. The molecule has 0 saturated heterocycles. The first-order valence-corrected chi connectivity index (χ1v) is 6.76. The lowest BCUT2D eigenvalue weighted by Gasteiger charge is -2.26. The van der Waals surface area contributed by atoms with Crippen LogP contribution in [0.1, 0.15) is 37.2 Å². The molecule has 1 heterocycles. The van der Waals surface area contributed by atoms with Crippen molar-refractivity contribution in [1.29, 1.82) is 0 Å². The van der Waals surface area contributed by atoms with Crippen LogP contribution in [0, 0.1) is 6.92 Å². The minimum absolute atomic E-state index is 0.427. The van der Waals surface area contributed by atoms with E-state index in [1.807, 2.05) is 16.8 Å². The van der Waals surface area contributed by atoms with Gasteiger partial charge in [-0.15, -0.1) is 0 Å². The summed E-state index contributed by atoms with van der Waals surface area (Å²) in [5.74, 6) is 0.954. The Morgan fingerprint density at radius 3 is 2.74 bits per heavy atom. The Morgan fingerprint density at radius 1 is 1.32 bits per heavy atom. The molecule has 1 atom stereocenters. The molecule has 0 radical (unpaired) electrons. The van der Waals surface area contributed by atoms with Crippen LogP contribution in [0.25, 0.3) is 0 Å². The Hall–Kier alpha value is -1.68. The maximum absolute atomic E-state index is 6.51. The van der Waals surface area contributed by atoms with Gasteiger partial charge < -0.3 is 5.73 Å². The van der Waals surface area contributed by atoms with Gasteiger partial charge in [0, 0.05) is 18.5 Å². The van der Waals surface area contributed by atoms with Gasteiger partial charge in [0.25, 0.3) is 0 Å². The molecule has 0 bridgehead atoms. The highest BCUT2D eigenvalue weighted by atomic mass is 15.3. The van der Waals surface area contributed by atoms with Crippen molar-refractivity contribution in [2.75, 3.05) is 0 Å². The van der Waals surface area contributed by atoms with Gasteiger partial charge in [0.05, 0.1) is 0 Å². The van der Waals surface area contributed by atoms with Crippen molar-refractivity contribution >= 4 is 0 Å². The Kier molecular flexibility index (Phi) is 4.00. The fourth-order valence-corrected chi connectivity index (χ4v) is 2.46. The van der Waals surface area contributed by atoms with Crippen LogP contribution in [-0.2, 0) is 18.5 Å². The molecular weight excluding hydrogens is 236 g/mol. The van der Waals surface area contributed by atoms with E-state index in [2.05, 4.69) is 43.0 Å². The first kappa shape index (κ1) is 13.7. The van der Waals surface area contributed by atoms with Gasteiger partial charge >= 0.3 is 0 Å². The molecule has 19 heavy (non-hydrogen) atoms. The van der Waals surface area contributed by atoms with Crippen molar-refractivity contribution in [2.24, 2.45) is 5.73 Å². The smallest absolute Gasteiger partial charge is 0.138 e. The lowest BCUT2D eigenvalue weighted by atomic mass is 9.86. The first-order valence-electron chi connectivity index (χ1n) is 6.76. The quantitative estimate of drug-likeness (QED) is 0.896. The minimum atomic E-state index is -0.427. The molecule has 102 valence electrons. The van der Waals surface area contributed by atoms with E-state index < -0.39 is 5.54 Å². The van der Waals surface area contributed by atoms with Crippen LogP contribution in [0.2, 0.25) is 0 Å². The van der Waals surface area contributed by atoms with Crippen molar-refractivity contribution in [3.63, 3.8) is 0 Å². The molecule has 2 aromatic rings. The summed E-state index contributed by atoms with van der Waals surface area (Å²) in [7, 11) is 0. The highest BCUT2D eigenvalue weighted by Crippen LogP contribution is 2.24. The van der Waals surface area contributed by atoms with E-state index in [4.69, 9.17) is 5.73 Å². The summed E-state index contributed by atoms with van der Waals surface area (Å²) in [5, 5.41) is 4.26. The highest BCUT2D eigenvalue weighted by molar-refractivity contribution is 5.32. The molecule has 4 nitrogen and oxygen atoms in total. The number of nitrogens with two attached hydrogens (primary N) is 1. The maximum atomic E-state index is 6.51. The van der Waals surface area contributed by atoms with E-state index in [9.17, 15) is 0 Å². The number of hydrogen-bond acceptors (Lipinski definition) is 3. The summed E-state index contributed by atoms with van der Waals surface area (Å²) >= 11 is 0. The predicted octanol–water partition coefficient (Wildman–Crippen LogP) is 2.41. The second-order valence-corrected chi connectivity index (χ2v) is 5.31. The molecule has 2 rings (SSSR count). The highest BCUT2D eigenvalue weighted by Gasteiger charge is 2.25. The van der Waals surface area contributed by atoms with Crippen molar-refractivity contribution in [1.82, 2.24) is 14.8 Å². The largest absolute Gasteiger partial charge is 0.321 e. The lowest BCUT2D eigenvalue weighted by molar-refractivity contribution is 0.449. The molecule has 0 amide bonds. The third-order valence-corrected chi connectivity index (χ3v) is 3.42. The Bertz CT molecular complexity index is 543. The van der Waals surface area contributed by atoms with Crippen LogP contribution in [0.4, 0.5) is 0 Å². The van der Waals surface area contributed by atoms with E-state index in [0.29, 0.717) is 6.42 Å². The number of aryl methyl sites for hydroxylation is 2. The molecule has 0 aliphatic carbocycles. The Labute approximate surface area is 114 Å². The predicted molar refractivity (Wildman–Crippen MR) is 76.7 cm³/mol. The third kappa shape index (κ3) is 3.01. The number of rotatable bonds is 5. The fourth-order valence-electron chi connectivity index (χ4n) is 2.46. The van der Waals surface area contributed by atoms with E-state index >= 15 is 0 Å². The SMILES string of the molecule is CCCn1ncnc1CC(C)(N)c1ccccc1C. The third-order valence-electron chi connectivity index (χ3n) is 3.42. The molecule has 1 aromatic carbocycles. The second kappa shape index (κ2) is 5.53. The Balaban J connectivity index is 2.26. The van der Waals surface area contributed by atoms with Crippen LogP contribution in [-0.4, -0.2) is 14.8 Å². The average molecular weight is 258 g/mol. The molecular formula is C15H22N4. The molecule has 1 aromatic heterocycles.